The van der Waals surface area contributed by atoms with Crippen LogP contribution in [0.15, 0.2) is 0 Å². The number of nitrogens with one attached hydrogen (secondary N) is 1. The molecule has 0 unspecified atom stereocenters. The van der Waals surface area contributed by atoms with Gasteiger partial charge in [-0.3, -0.25) is 4.79 Å². The number of alkyl carbamates (subject to hydrolysis) is 1. The molecule has 0 aromatic heterocycles. The molecule has 5 heteroatoms. The third-order valence-corrected chi connectivity index (χ3v) is 4.48. The molecule has 5 nitrogen and oxygen atoms in total. The van der Waals surface area contributed by atoms with Crippen LogP contribution >= 0.6 is 0 Å². The van der Waals surface area contributed by atoms with Crippen molar-refractivity contribution in [2.24, 2.45) is 11.3 Å². The molecule has 21 heavy (non-hydrogen) atoms. The predicted octanol–water partition coefficient (Wildman–Crippen LogP) is 2.94. The molecule has 0 bridgehead atoms. The summed E-state index contributed by atoms with van der Waals surface area (Å²) in [6.45, 7) is 5.52. The summed E-state index contributed by atoms with van der Waals surface area (Å²) in [7, 11) is 0. The molecule has 2 rings (SSSR count). The van der Waals surface area contributed by atoms with E-state index in [1.54, 1.807) is 0 Å². The molecular formula is C16H24N2O3. The normalized spacial score (nSPS) is 28.2. The predicted molar refractivity (Wildman–Crippen MR) is 77.4 cm³/mol. The van der Waals surface area contributed by atoms with Crippen LogP contribution in [-0.2, 0) is 9.53 Å². The van der Waals surface area contributed by atoms with Gasteiger partial charge in [0.1, 0.15) is 11.4 Å². The summed E-state index contributed by atoms with van der Waals surface area (Å²) in [5, 5.41) is 12.3. The molecule has 0 heterocycles. The highest BCUT2D eigenvalue weighted by atomic mass is 16.6. The van der Waals surface area contributed by atoms with Gasteiger partial charge in [0, 0.05) is 18.9 Å². The summed E-state index contributed by atoms with van der Waals surface area (Å²) in [4.78, 5) is 23.0. The summed E-state index contributed by atoms with van der Waals surface area (Å²) >= 11 is 0. The molecule has 116 valence electrons. The Labute approximate surface area is 126 Å². The summed E-state index contributed by atoms with van der Waals surface area (Å²) in [6, 6.07) is 2.48. The number of rotatable bonds is 2. The van der Waals surface area contributed by atoms with Crippen molar-refractivity contribution in [3.05, 3.63) is 0 Å². The molecule has 1 amide bonds. The topological polar surface area (TPSA) is 79.2 Å². The van der Waals surface area contributed by atoms with E-state index in [9.17, 15) is 14.9 Å². The van der Waals surface area contributed by atoms with Gasteiger partial charge in [0.15, 0.2) is 0 Å². The van der Waals surface area contributed by atoms with Gasteiger partial charge < -0.3 is 10.1 Å². The van der Waals surface area contributed by atoms with Gasteiger partial charge in [0.25, 0.3) is 0 Å². The molecule has 0 radical (unpaired) electrons. The molecule has 2 aliphatic carbocycles. The molecule has 0 spiro atoms. The number of hydrogen-bond donors (Lipinski definition) is 1. The maximum Gasteiger partial charge on any atom is 0.407 e. The summed E-state index contributed by atoms with van der Waals surface area (Å²) in [5.41, 5.74) is -0.910. The molecule has 2 fully saturated rings. The Kier molecular flexibility index (Phi) is 4.27. The summed E-state index contributed by atoms with van der Waals surface area (Å²) < 4.78 is 5.26. The second-order valence-corrected chi connectivity index (χ2v) is 7.35. The van der Waals surface area contributed by atoms with Crippen molar-refractivity contribution in [3.63, 3.8) is 0 Å². The smallest absolute Gasteiger partial charge is 0.407 e. The highest BCUT2D eigenvalue weighted by Gasteiger charge is 2.50. The van der Waals surface area contributed by atoms with E-state index in [2.05, 4.69) is 11.4 Å². The number of nitrogens with zero attached hydrogens (tertiary/aromatic N) is 1. The van der Waals surface area contributed by atoms with Crippen molar-refractivity contribution >= 4 is 11.9 Å². The van der Waals surface area contributed by atoms with Crippen molar-refractivity contribution < 1.29 is 14.3 Å². The SMILES string of the molecule is CC(C)(C)OC(=O)NC1CCC(C2(C#N)CC(=O)C2)CC1. The fourth-order valence-corrected chi connectivity index (χ4v) is 3.38. The van der Waals surface area contributed by atoms with Crippen LogP contribution in [0.4, 0.5) is 4.79 Å². The molecule has 0 aromatic carbocycles. The lowest BCUT2D eigenvalue weighted by Gasteiger charge is -2.44. The van der Waals surface area contributed by atoms with Crippen molar-refractivity contribution in [3.8, 4) is 6.07 Å². The lowest BCUT2D eigenvalue weighted by Crippen LogP contribution is -2.47. The molecule has 2 saturated carbocycles. The lowest BCUT2D eigenvalue weighted by atomic mass is 9.57. The van der Waals surface area contributed by atoms with E-state index in [0.29, 0.717) is 12.8 Å². The highest BCUT2D eigenvalue weighted by molar-refractivity contribution is 5.87. The monoisotopic (exact) mass is 292 g/mol. The van der Waals surface area contributed by atoms with Gasteiger partial charge in [-0.15, -0.1) is 0 Å². The second-order valence-electron chi connectivity index (χ2n) is 7.35. The molecule has 0 aliphatic heterocycles. The minimum atomic E-state index is -0.488. The van der Waals surface area contributed by atoms with Gasteiger partial charge >= 0.3 is 6.09 Å². The van der Waals surface area contributed by atoms with Crippen LogP contribution in [0, 0.1) is 22.7 Å². The first-order valence-corrected chi connectivity index (χ1v) is 7.66. The van der Waals surface area contributed by atoms with Crippen molar-refractivity contribution in [1.29, 1.82) is 5.26 Å². The Bertz CT molecular complexity index is 457. The quantitative estimate of drug-likeness (QED) is 0.848. The first-order valence-electron chi connectivity index (χ1n) is 7.66. The number of carbonyl (C=O) groups excluding carboxylic acids is 2. The Morgan fingerprint density at radius 3 is 2.29 bits per heavy atom. The molecule has 0 aromatic rings. The zero-order valence-corrected chi connectivity index (χ0v) is 13.1. The van der Waals surface area contributed by atoms with E-state index in [4.69, 9.17) is 4.74 Å². The zero-order chi connectivity index (χ0) is 15.7. The van der Waals surface area contributed by atoms with Crippen LogP contribution in [-0.4, -0.2) is 23.5 Å². The second kappa shape index (κ2) is 5.67. The number of Topliss-reactive ketones (excluding diaryl/α,β-unsaturated/α-hetero) is 1. The van der Waals surface area contributed by atoms with Gasteiger partial charge in [0.05, 0.1) is 11.5 Å². The Morgan fingerprint density at radius 1 is 1.29 bits per heavy atom. The molecule has 2 aliphatic rings. The number of ether oxygens (including phenoxy) is 1. The first-order chi connectivity index (χ1) is 9.74. The van der Waals surface area contributed by atoms with Crippen LogP contribution in [0.2, 0.25) is 0 Å². The lowest BCUT2D eigenvalue weighted by molar-refractivity contribution is -0.133. The maximum atomic E-state index is 11.7. The van der Waals surface area contributed by atoms with E-state index in [0.717, 1.165) is 25.7 Å². The van der Waals surface area contributed by atoms with E-state index in [-0.39, 0.29) is 23.8 Å². The molecule has 1 N–H and O–H groups in total. The van der Waals surface area contributed by atoms with E-state index < -0.39 is 11.0 Å². The molecule has 0 saturated heterocycles. The average molecular weight is 292 g/mol. The Hall–Kier alpha value is -1.57. The standard InChI is InChI=1S/C16H24N2O3/c1-15(2,3)21-14(20)18-12-6-4-11(5-7-12)16(10-17)8-13(19)9-16/h11-12H,4-9H2,1-3H3,(H,18,20). The minimum Gasteiger partial charge on any atom is -0.444 e. The number of ketones is 1. The Balaban J connectivity index is 1.80. The third kappa shape index (κ3) is 3.75. The number of carbonyl (C=O) groups is 2. The van der Waals surface area contributed by atoms with Crippen LogP contribution < -0.4 is 5.32 Å². The zero-order valence-electron chi connectivity index (χ0n) is 13.1. The van der Waals surface area contributed by atoms with Crippen LogP contribution in [0.25, 0.3) is 0 Å². The van der Waals surface area contributed by atoms with Crippen LogP contribution in [0.5, 0.6) is 0 Å². The molecule has 0 atom stereocenters. The number of amides is 1. The van der Waals surface area contributed by atoms with Crippen molar-refractivity contribution in [2.45, 2.75) is 70.9 Å². The van der Waals surface area contributed by atoms with Gasteiger partial charge in [-0.25, -0.2) is 4.79 Å². The largest absolute Gasteiger partial charge is 0.444 e. The van der Waals surface area contributed by atoms with Gasteiger partial charge in [-0.1, -0.05) is 0 Å². The third-order valence-electron chi connectivity index (χ3n) is 4.48. The Morgan fingerprint density at radius 2 is 1.86 bits per heavy atom. The first kappa shape index (κ1) is 15.8. The van der Waals surface area contributed by atoms with Gasteiger partial charge in [0.2, 0.25) is 0 Å². The number of hydrogen-bond acceptors (Lipinski definition) is 4. The summed E-state index contributed by atoms with van der Waals surface area (Å²) in [6.07, 6.45) is 3.93. The number of nitriles is 1. The van der Waals surface area contributed by atoms with Crippen LogP contribution in [0.1, 0.15) is 59.3 Å². The molecular weight excluding hydrogens is 268 g/mol. The van der Waals surface area contributed by atoms with Gasteiger partial charge in [-0.2, -0.15) is 5.26 Å². The van der Waals surface area contributed by atoms with Crippen molar-refractivity contribution in [1.82, 2.24) is 5.32 Å². The summed E-state index contributed by atoms with van der Waals surface area (Å²) in [5.74, 6) is 0.488. The van der Waals surface area contributed by atoms with Crippen LogP contribution in [0.3, 0.4) is 0 Å². The minimum absolute atomic E-state index is 0.114. The van der Waals surface area contributed by atoms with Gasteiger partial charge in [-0.05, 0) is 52.4 Å². The van der Waals surface area contributed by atoms with E-state index in [1.807, 2.05) is 20.8 Å². The maximum absolute atomic E-state index is 11.7. The van der Waals surface area contributed by atoms with E-state index >= 15 is 0 Å². The average Bonchev–Trinajstić information content (AvgIpc) is 2.33. The fourth-order valence-electron chi connectivity index (χ4n) is 3.38. The fraction of sp³-hybridized carbons (Fsp3) is 0.812. The van der Waals surface area contributed by atoms with Crippen molar-refractivity contribution in [2.75, 3.05) is 0 Å². The highest BCUT2D eigenvalue weighted by Crippen LogP contribution is 2.49. The van der Waals surface area contributed by atoms with E-state index in [1.165, 1.54) is 0 Å².